The fourth-order valence-electron chi connectivity index (χ4n) is 2.15. The van der Waals surface area contributed by atoms with Crippen LogP contribution in [-0.2, 0) is 0 Å². The summed E-state index contributed by atoms with van der Waals surface area (Å²) in [6.45, 7) is 2.48. The number of aromatic hydroxyl groups is 1. The van der Waals surface area contributed by atoms with Gasteiger partial charge in [0.2, 0.25) is 0 Å². The maximum absolute atomic E-state index is 13.9. The molecule has 0 amide bonds. The van der Waals surface area contributed by atoms with Gasteiger partial charge in [-0.25, -0.2) is 8.78 Å². The van der Waals surface area contributed by atoms with E-state index in [0.717, 1.165) is 6.07 Å². The van der Waals surface area contributed by atoms with Gasteiger partial charge in [-0.1, -0.05) is 11.2 Å². The molecule has 0 aliphatic rings. The first-order chi connectivity index (χ1) is 11.1. The van der Waals surface area contributed by atoms with Crippen LogP contribution in [0, 0.1) is 11.6 Å². The van der Waals surface area contributed by atoms with Gasteiger partial charge < -0.3 is 14.8 Å². The summed E-state index contributed by atoms with van der Waals surface area (Å²) < 4.78 is 32.3. The number of anilines is 1. The zero-order valence-corrected chi connectivity index (χ0v) is 12.2. The number of phenols is 1. The molecule has 0 atom stereocenters. The van der Waals surface area contributed by atoms with Gasteiger partial charge in [0.25, 0.3) is 5.89 Å². The molecule has 0 aliphatic heterocycles. The van der Waals surface area contributed by atoms with E-state index in [1.54, 1.807) is 0 Å². The number of nitrogens with one attached hydrogen (secondary N) is 1. The van der Waals surface area contributed by atoms with Gasteiger partial charge in [0, 0.05) is 18.2 Å². The molecule has 0 spiro atoms. The Bertz CT molecular complexity index is 849. The molecule has 2 N–H and O–H groups in total. The average molecular weight is 317 g/mol. The van der Waals surface area contributed by atoms with Crippen LogP contribution in [0.2, 0.25) is 0 Å². The second kappa shape index (κ2) is 6.04. The van der Waals surface area contributed by atoms with Crippen molar-refractivity contribution < 1.29 is 18.3 Å². The summed E-state index contributed by atoms with van der Waals surface area (Å²) in [6, 6.07) is 7.95. The third-order valence-corrected chi connectivity index (χ3v) is 3.22. The van der Waals surface area contributed by atoms with Gasteiger partial charge in [-0.3, -0.25) is 0 Å². The second-order valence-electron chi connectivity index (χ2n) is 4.80. The highest BCUT2D eigenvalue weighted by Gasteiger charge is 2.15. The lowest BCUT2D eigenvalue weighted by atomic mass is 10.0. The van der Waals surface area contributed by atoms with E-state index in [2.05, 4.69) is 15.5 Å². The van der Waals surface area contributed by atoms with Crippen molar-refractivity contribution in [2.45, 2.75) is 6.92 Å². The molecule has 3 rings (SSSR count). The number of rotatable bonds is 4. The average Bonchev–Trinajstić information content (AvgIpc) is 2.97. The molecule has 1 heterocycles. The zero-order chi connectivity index (χ0) is 16.4. The summed E-state index contributed by atoms with van der Waals surface area (Å²) in [6.07, 6.45) is 0. The van der Waals surface area contributed by atoms with Crippen molar-refractivity contribution in [3.63, 3.8) is 0 Å². The maximum Gasteiger partial charge on any atom is 0.315 e. The quantitative estimate of drug-likeness (QED) is 0.765. The highest BCUT2D eigenvalue weighted by atomic mass is 19.1. The number of hydrogen-bond donors (Lipinski definition) is 2. The molecular formula is C16H13F2N3O2. The monoisotopic (exact) mass is 317 g/mol. The van der Waals surface area contributed by atoms with Crippen molar-refractivity contribution in [3.05, 3.63) is 48.0 Å². The number of aromatic nitrogens is 2. The molecule has 118 valence electrons. The molecule has 0 saturated carbocycles. The molecule has 5 nitrogen and oxygen atoms in total. The van der Waals surface area contributed by atoms with Gasteiger partial charge in [-0.2, -0.15) is 0 Å². The molecule has 0 unspecified atom stereocenters. The normalized spacial score (nSPS) is 10.7. The molecule has 7 heteroatoms. The Balaban J connectivity index is 2.04. The summed E-state index contributed by atoms with van der Waals surface area (Å²) in [7, 11) is 0. The van der Waals surface area contributed by atoms with Gasteiger partial charge in [-0.05, 0) is 36.8 Å². The van der Waals surface area contributed by atoms with Crippen LogP contribution in [0.3, 0.4) is 0 Å². The molecule has 0 radical (unpaired) electrons. The van der Waals surface area contributed by atoms with E-state index >= 15 is 0 Å². The second-order valence-corrected chi connectivity index (χ2v) is 4.80. The van der Waals surface area contributed by atoms with E-state index in [4.69, 9.17) is 4.42 Å². The smallest absolute Gasteiger partial charge is 0.315 e. The third-order valence-electron chi connectivity index (χ3n) is 3.22. The number of phenolic OH excluding ortho intramolecular Hbond substituents is 1. The fraction of sp³-hybridized carbons (Fsp3) is 0.125. The van der Waals surface area contributed by atoms with E-state index in [1.807, 2.05) is 6.92 Å². The van der Waals surface area contributed by atoms with Gasteiger partial charge in [-0.15, -0.1) is 5.10 Å². The van der Waals surface area contributed by atoms with Crippen molar-refractivity contribution in [2.75, 3.05) is 11.9 Å². The largest absolute Gasteiger partial charge is 0.507 e. The Morgan fingerprint density at radius 3 is 2.65 bits per heavy atom. The summed E-state index contributed by atoms with van der Waals surface area (Å²) in [5.41, 5.74) is 0.931. The summed E-state index contributed by atoms with van der Waals surface area (Å²) in [5, 5.41) is 20.5. The lowest BCUT2D eigenvalue weighted by Crippen LogP contribution is -1.95. The van der Waals surface area contributed by atoms with Crippen LogP contribution in [0.15, 0.2) is 40.8 Å². The van der Waals surface area contributed by atoms with Crippen molar-refractivity contribution in [2.24, 2.45) is 0 Å². The Morgan fingerprint density at radius 2 is 1.91 bits per heavy atom. The van der Waals surface area contributed by atoms with Crippen LogP contribution in [0.25, 0.3) is 22.6 Å². The lowest BCUT2D eigenvalue weighted by molar-refractivity contribution is 0.473. The van der Waals surface area contributed by atoms with Crippen LogP contribution < -0.4 is 5.32 Å². The number of hydrogen-bond acceptors (Lipinski definition) is 5. The van der Waals surface area contributed by atoms with Gasteiger partial charge in [0.05, 0.1) is 5.56 Å². The molecule has 2 aromatic carbocycles. The Hall–Kier alpha value is -2.96. The minimum Gasteiger partial charge on any atom is -0.507 e. The Labute approximate surface area is 130 Å². The van der Waals surface area contributed by atoms with Crippen molar-refractivity contribution in [1.82, 2.24) is 10.2 Å². The first kappa shape index (κ1) is 15.0. The maximum atomic E-state index is 13.9. The number of benzene rings is 2. The molecule has 0 fully saturated rings. The van der Waals surface area contributed by atoms with Crippen LogP contribution >= 0.6 is 0 Å². The van der Waals surface area contributed by atoms with Gasteiger partial charge in [0.1, 0.15) is 17.4 Å². The van der Waals surface area contributed by atoms with Gasteiger partial charge >= 0.3 is 6.01 Å². The van der Waals surface area contributed by atoms with Crippen LogP contribution in [0.5, 0.6) is 5.75 Å². The molecular weight excluding hydrogens is 304 g/mol. The van der Waals surface area contributed by atoms with Crippen molar-refractivity contribution in [3.8, 4) is 28.3 Å². The molecule has 0 aliphatic carbocycles. The summed E-state index contributed by atoms with van der Waals surface area (Å²) >= 11 is 0. The highest BCUT2D eigenvalue weighted by molar-refractivity contribution is 5.74. The van der Waals surface area contributed by atoms with E-state index in [1.165, 1.54) is 30.3 Å². The topological polar surface area (TPSA) is 71.2 Å². The predicted molar refractivity (Wildman–Crippen MR) is 80.9 cm³/mol. The third kappa shape index (κ3) is 2.98. The Kier molecular flexibility index (Phi) is 3.92. The lowest BCUT2D eigenvalue weighted by Gasteiger charge is -2.06. The SMILES string of the molecule is CCNc1nnc(-c2cc(-c3ccc(F)cc3F)ccc2O)o1. The summed E-state index contributed by atoms with van der Waals surface area (Å²) in [5.74, 6) is -1.33. The summed E-state index contributed by atoms with van der Waals surface area (Å²) in [4.78, 5) is 0. The number of nitrogens with zero attached hydrogens (tertiary/aromatic N) is 2. The highest BCUT2D eigenvalue weighted by Crippen LogP contribution is 2.34. The van der Waals surface area contributed by atoms with Gasteiger partial charge in [0.15, 0.2) is 0 Å². The first-order valence-corrected chi connectivity index (χ1v) is 6.94. The van der Waals surface area contributed by atoms with Crippen LogP contribution in [0.1, 0.15) is 6.92 Å². The van der Waals surface area contributed by atoms with E-state index in [9.17, 15) is 13.9 Å². The number of halogens is 2. The van der Waals surface area contributed by atoms with Crippen molar-refractivity contribution >= 4 is 6.01 Å². The van der Waals surface area contributed by atoms with E-state index in [-0.39, 0.29) is 28.8 Å². The van der Waals surface area contributed by atoms with E-state index < -0.39 is 11.6 Å². The standard InChI is InChI=1S/C16H13F2N3O2/c1-2-19-16-21-20-15(23-16)12-7-9(3-6-14(12)22)11-5-4-10(17)8-13(11)18/h3-8,22H,2H2,1H3,(H,19,21). The van der Waals surface area contributed by atoms with E-state index in [0.29, 0.717) is 12.1 Å². The van der Waals surface area contributed by atoms with Crippen LogP contribution in [0.4, 0.5) is 14.8 Å². The minimum absolute atomic E-state index is 0.0806. The predicted octanol–water partition coefficient (Wildman–Crippen LogP) is 3.82. The molecule has 23 heavy (non-hydrogen) atoms. The Morgan fingerprint density at radius 1 is 1.09 bits per heavy atom. The fourth-order valence-corrected chi connectivity index (χ4v) is 2.15. The minimum atomic E-state index is -0.694. The molecule has 3 aromatic rings. The van der Waals surface area contributed by atoms with Crippen LogP contribution in [-0.4, -0.2) is 21.8 Å². The first-order valence-electron chi connectivity index (χ1n) is 6.94. The zero-order valence-electron chi connectivity index (χ0n) is 12.2. The molecule has 0 saturated heterocycles. The molecule has 0 bridgehead atoms. The molecule has 1 aromatic heterocycles. The van der Waals surface area contributed by atoms with Crippen molar-refractivity contribution in [1.29, 1.82) is 0 Å².